The van der Waals surface area contributed by atoms with Crippen molar-refractivity contribution in [2.75, 3.05) is 0 Å². The molecule has 0 aromatic heterocycles. The molecule has 0 saturated carbocycles. The fourth-order valence-corrected chi connectivity index (χ4v) is 4.39. The largest absolute Gasteiger partial charge is 0.350 e. The van der Waals surface area contributed by atoms with E-state index in [1.54, 1.807) is 0 Å². The molecule has 2 aromatic rings. The van der Waals surface area contributed by atoms with Crippen LogP contribution in [-0.2, 0) is 21.2 Å². The van der Waals surface area contributed by atoms with E-state index in [1.165, 1.54) is 18.2 Å². The average Bonchev–Trinajstić information content (AvgIpc) is 2.55. The van der Waals surface area contributed by atoms with Crippen molar-refractivity contribution < 1.29 is 13.2 Å². The summed E-state index contributed by atoms with van der Waals surface area (Å²) in [6.07, 6.45) is 0.195. The number of rotatable bonds is 6. The lowest BCUT2D eigenvalue weighted by atomic mass is 10.0. The molecule has 0 fully saturated rings. The molecular weight excluding hydrogens is 407 g/mol. The molecule has 0 saturated heterocycles. The van der Waals surface area contributed by atoms with Crippen molar-refractivity contribution >= 4 is 39.1 Å². The van der Waals surface area contributed by atoms with E-state index in [4.69, 9.17) is 23.2 Å². The number of halogens is 2. The second-order valence-corrected chi connectivity index (χ2v) is 9.70. The van der Waals surface area contributed by atoms with Gasteiger partial charge >= 0.3 is 0 Å². The van der Waals surface area contributed by atoms with Crippen LogP contribution in [0.1, 0.15) is 26.3 Å². The van der Waals surface area contributed by atoms with Gasteiger partial charge in [0.1, 0.15) is 10.9 Å². The number of hydrogen-bond donors (Lipinski definition) is 2. The predicted octanol–water partition coefficient (Wildman–Crippen LogP) is 3.80. The smallest absolute Gasteiger partial charge is 0.242 e. The SMILES string of the molecule is CC(C)(C)NC(=O)[C@@H](Cc1ccccc1)NS(=O)(=O)c1cc(Cl)ccc1Cl. The average molecular weight is 429 g/mol. The van der Waals surface area contributed by atoms with E-state index in [2.05, 4.69) is 10.0 Å². The molecule has 2 N–H and O–H groups in total. The van der Waals surface area contributed by atoms with Gasteiger partial charge in [0.2, 0.25) is 15.9 Å². The molecule has 8 heteroatoms. The first kappa shape index (κ1) is 21.7. The molecule has 0 bridgehead atoms. The summed E-state index contributed by atoms with van der Waals surface area (Å²) in [6.45, 7) is 5.48. The van der Waals surface area contributed by atoms with Crippen LogP contribution in [0.4, 0.5) is 0 Å². The Kier molecular flexibility index (Phi) is 6.92. The van der Waals surface area contributed by atoms with Crippen molar-refractivity contribution in [2.24, 2.45) is 0 Å². The standard InChI is InChI=1S/C19H22Cl2N2O3S/c1-19(2,3)22-18(24)16(11-13-7-5-4-6-8-13)23-27(25,26)17-12-14(20)9-10-15(17)21/h4-10,12,16,23H,11H2,1-3H3,(H,22,24)/t16-/m1/s1. The molecule has 2 aromatic carbocycles. The molecule has 1 atom stereocenters. The molecule has 2 rings (SSSR count). The van der Waals surface area contributed by atoms with E-state index in [0.29, 0.717) is 0 Å². The van der Waals surface area contributed by atoms with Crippen molar-refractivity contribution in [1.29, 1.82) is 0 Å². The zero-order valence-corrected chi connectivity index (χ0v) is 17.6. The number of amides is 1. The minimum Gasteiger partial charge on any atom is -0.350 e. The first-order chi connectivity index (χ1) is 12.5. The van der Waals surface area contributed by atoms with E-state index in [9.17, 15) is 13.2 Å². The lowest BCUT2D eigenvalue weighted by Gasteiger charge is -2.25. The number of carbonyl (C=O) groups excluding carboxylic acids is 1. The van der Waals surface area contributed by atoms with Crippen LogP contribution in [-0.4, -0.2) is 25.9 Å². The minimum atomic E-state index is -4.06. The Balaban J connectivity index is 2.35. The molecule has 0 aliphatic heterocycles. The summed E-state index contributed by atoms with van der Waals surface area (Å²) in [6, 6.07) is 12.3. The van der Waals surface area contributed by atoms with Gasteiger partial charge in [0.15, 0.2) is 0 Å². The van der Waals surface area contributed by atoms with E-state index < -0.39 is 27.5 Å². The Bertz CT molecular complexity index is 910. The van der Waals surface area contributed by atoms with E-state index in [0.717, 1.165) is 5.56 Å². The normalized spacial score (nSPS) is 13.2. The number of nitrogens with one attached hydrogen (secondary N) is 2. The van der Waals surface area contributed by atoms with Gasteiger partial charge in [-0.2, -0.15) is 4.72 Å². The molecule has 1 amide bonds. The molecule has 0 radical (unpaired) electrons. The molecule has 0 aliphatic rings. The van der Waals surface area contributed by atoms with E-state index in [-0.39, 0.29) is 21.4 Å². The Labute approximate surface area is 170 Å². The second-order valence-electron chi connectivity index (χ2n) is 7.18. The van der Waals surface area contributed by atoms with Crippen LogP contribution in [0.15, 0.2) is 53.4 Å². The number of hydrogen-bond acceptors (Lipinski definition) is 3. The van der Waals surface area contributed by atoms with Crippen molar-refractivity contribution in [3.8, 4) is 0 Å². The summed E-state index contributed by atoms with van der Waals surface area (Å²) < 4.78 is 28.1. The monoisotopic (exact) mass is 428 g/mol. The zero-order valence-electron chi connectivity index (χ0n) is 15.3. The zero-order chi connectivity index (χ0) is 20.2. The quantitative estimate of drug-likeness (QED) is 0.734. The summed E-state index contributed by atoms with van der Waals surface area (Å²) in [5, 5.41) is 3.08. The topological polar surface area (TPSA) is 75.3 Å². The second kappa shape index (κ2) is 8.61. The summed E-state index contributed by atoms with van der Waals surface area (Å²) in [5.41, 5.74) is 0.317. The molecular formula is C19H22Cl2N2O3S. The van der Waals surface area contributed by atoms with Crippen molar-refractivity contribution in [3.63, 3.8) is 0 Å². The highest BCUT2D eigenvalue weighted by molar-refractivity contribution is 7.89. The first-order valence-electron chi connectivity index (χ1n) is 8.31. The third-order valence-electron chi connectivity index (χ3n) is 3.58. The van der Waals surface area contributed by atoms with Gasteiger partial charge in [-0.1, -0.05) is 53.5 Å². The van der Waals surface area contributed by atoms with Crippen LogP contribution in [0.25, 0.3) is 0 Å². The summed E-state index contributed by atoms with van der Waals surface area (Å²) in [7, 11) is -4.06. The third kappa shape index (κ3) is 6.50. The molecule has 0 heterocycles. The minimum absolute atomic E-state index is 0.0293. The highest BCUT2D eigenvalue weighted by Gasteiger charge is 2.29. The maximum Gasteiger partial charge on any atom is 0.242 e. The Morgan fingerprint density at radius 1 is 1.07 bits per heavy atom. The highest BCUT2D eigenvalue weighted by Crippen LogP contribution is 2.25. The fraction of sp³-hybridized carbons (Fsp3) is 0.316. The molecule has 0 unspecified atom stereocenters. The Hall–Kier alpha value is -1.60. The number of sulfonamides is 1. The van der Waals surface area contributed by atoms with E-state index >= 15 is 0 Å². The molecule has 146 valence electrons. The highest BCUT2D eigenvalue weighted by atomic mass is 35.5. The van der Waals surface area contributed by atoms with E-state index in [1.807, 2.05) is 51.1 Å². The predicted molar refractivity (Wildman–Crippen MR) is 109 cm³/mol. The molecule has 27 heavy (non-hydrogen) atoms. The van der Waals surface area contributed by atoms with Crippen molar-refractivity contribution in [2.45, 2.75) is 43.7 Å². The summed E-state index contributed by atoms with van der Waals surface area (Å²) in [5.74, 6) is -0.423. The molecule has 0 aliphatic carbocycles. The lowest BCUT2D eigenvalue weighted by Crippen LogP contribution is -2.53. The fourth-order valence-electron chi connectivity index (χ4n) is 2.43. The van der Waals surface area contributed by atoms with Gasteiger partial charge in [0, 0.05) is 10.6 Å². The van der Waals surface area contributed by atoms with Gasteiger partial charge < -0.3 is 5.32 Å². The van der Waals surface area contributed by atoms with Crippen LogP contribution in [0.2, 0.25) is 10.0 Å². The maximum atomic E-state index is 12.8. The van der Waals surface area contributed by atoms with Crippen LogP contribution < -0.4 is 10.0 Å². The van der Waals surface area contributed by atoms with Gasteiger partial charge in [-0.15, -0.1) is 0 Å². The van der Waals surface area contributed by atoms with Crippen LogP contribution in [0, 0.1) is 0 Å². The van der Waals surface area contributed by atoms with Gasteiger partial charge in [0.25, 0.3) is 0 Å². The van der Waals surface area contributed by atoms with Gasteiger partial charge in [0.05, 0.1) is 5.02 Å². The lowest BCUT2D eigenvalue weighted by molar-refractivity contribution is -0.124. The summed E-state index contributed by atoms with van der Waals surface area (Å²) in [4.78, 5) is 12.6. The maximum absolute atomic E-state index is 12.8. The first-order valence-corrected chi connectivity index (χ1v) is 10.6. The van der Waals surface area contributed by atoms with Crippen molar-refractivity contribution in [3.05, 3.63) is 64.1 Å². The Morgan fingerprint density at radius 2 is 1.70 bits per heavy atom. The third-order valence-corrected chi connectivity index (χ3v) is 5.77. The molecule has 0 spiro atoms. The van der Waals surface area contributed by atoms with Crippen LogP contribution in [0.3, 0.4) is 0 Å². The van der Waals surface area contributed by atoms with Crippen molar-refractivity contribution in [1.82, 2.24) is 10.0 Å². The van der Waals surface area contributed by atoms with Gasteiger partial charge in [-0.3, -0.25) is 4.79 Å². The Morgan fingerprint density at radius 3 is 2.30 bits per heavy atom. The van der Waals surface area contributed by atoms with Crippen LogP contribution >= 0.6 is 23.2 Å². The number of benzene rings is 2. The van der Waals surface area contributed by atoms with Crippen LogP contribution in [0.5, 0.6) is 0 Å². The van der Waals surface area contributed by atoms with Gasteiger partial charge in [-0.05, 0) is 51.0 Å². The summed E-state index contributed by atoms with van der Waals surface area (Å²) >= 11 is 11.9. The number of carbonyl (C=O) groups is 1. The molecule has 5 nitrogen and oxygen atoms in total. The van der Waals surface area contributed by atoms with Gasteiger partial charge in [-0.25, -0.2) is 8.42 Å².